The molecule has 1 fully saturated rings. The second-order valence-corrected chi connectivity index (χ2v) is 6.35. The zero-order valence-corrected chi connectivity index (χ0v) is 13.6. The van der Waals surface area contributed by atoms with Crippen LogP contribution in [0.4, 0.5) is 0 Å². The van der Waals surface area contributed by atoms with E-state index in [1.165, 1.54) is 0 Å². The molecule has 20 heavy (non-hydrogen) atoms. The summed E-state index contributed by atoms with van der Waals surface area (Å²) in [7, 11) is 1.66. The molecule has 2 aliphatic heterocycles. The van der Waals surface area contributed by atoms with Crippen molar-refractivity contribution in [2.75, 3.05) is 25.7 Å². The predicted molar refractivity (Wildman–Crippen MR) is 78.8 cm³/mol. The summed E-state index contributed by atoms with van der Waals surface area (Å²) >= 11 is 3.50. The molecule has 2 heterocycles. The normalized spacial score (nSPS) is 22.4. The first-order valence-corrected chi connectivity index (χ1v) is 7.86. The molecule has 3 rings (SSSR count). The predicted octanol–water partition coefficient (Wildman–Crippen LogP) is 3.00. The number of fused-ring (bicyclic) bond motifs is 1. The summed E-state index contributed by atoms with van der Waals surface area (Å²) in [5, 5.41) is 0.589. The van der Waals surface area contributed by atoms with Crippen LogP contribution in [0.15, 0.2) is 12.1 Å². The highest BCUT2D eigenvalue weighted by Crippen LogP contribution is 2.46. The molecule has 2 aliphatic rings. The topological polar surface area (TPSA) is 36.9 Å². The maximum atomic E-state index is 5.98. The second-order valence-electron chi connectivity index (χ2n) is 5.79. The van der Waals surface area contributed by atoms with Crippen LogP contribution in [0.25, 0.3) is 0 Å². The van der Waals surface area contributed by atoms with Crippen molar-refractivity contribution in [2.24, 2.45) is 0 Å². The van der Waals surface area contributed by atoms with Crippen molar-refractivity contribution in [1.29, 1.82) is 0 Å². The van der Waals surface area contributed by atoms with Gasteiger partial charge >= 0.3 is 0 Å². The van der Waals surface area contributed by atoms with Crippen LogP contribution >= 0.6 is 15.9 Å². The highest BCUT2D eigenvalue weighted by molar-refractivity contribution is 9.09. The zero-order valence-electron chi connectivity index (χ0n) is 12.0. The van der Waals surface area contributed by atoms with Crippen LogP contribution in [-0.2, 0) is 21.7 Å². The summed E-state index contributed by atoms with van der Waals surface area (Å²) in [6, 6.07) is 4.06. The Balaban J connectivity index is 2.07. The van der Waals surface area contributed by atoms with Crippen molar-refractivity contribution in [1.82, 2.24) is 0 Å². The lowest BCUT2D eigenvalue weighted by atomic mass is 9.97. The Morgan fingerprint density at radius 3 is 2.55 bits per heavy atom. The average Bonchev–Trinajstić information content (AvgIpc) is 3.00. The maximum Gasteiger partial charge on any atom is 0.205 e. The summed E-state index contributed by atoms with van der Waals surface area (Å²) in [6.07, 6.45) is 0.852. The van der Waals surface area contributed by atoms with Gasteiger partial charge in [-0.05, 0) is 26.0 Å². The van der Waals surface area contributed by atoms with Crippen LogP contribution in [0, 0.1) is 0 Å². The van der Waals surface area contributed by atoms with Crippen LogP contribution < -0.4 is 9.47 Å². The number of ether oxygens (including phenoxy) is 4. The van der Waals surface area contributed by atoms with Crippen molar-refractivity contribution in [3.05, 3.63) is 23.3 Å². The number of hydrogen-bond donors (Lipinski definition) is 0. The van der Waals surface area contributed by atoms with E-state index in [9.17, 15) is 0 Å². The molecule has 0 saturated carbocycles. The number of alkyl halides is 1. The molecule has 0 atom stereocenters. The standard InChI is InChI=1S/C15H19BrO4/c1-14(2)8-10-6-11(7-12(17-3)13(10)20-14)15(9-16)18-4-5-19-15/h6-7H,4-5,8-9H2,1-3H3. The third kappa shape index (κ3) is 2.22. The van der Waals surface area contributed by atoms with Gasteiger partial charge in [0.1, 0.15) is 5.60 Å². The van der Waals surface area contributed by atoms with Gasteiger partial charge in [0, 0.05) is 17.5 Å². The molecule has 0 unspecified atom stereocenters. The van der Waals surface area contributed by atoms with Crippen molar-refractivity contribution in [2.45, 2.75) is 31.7 Å². The largest absolute Gasteiger partial charge is 0.493 e. The number of methoxy groups -OCH3 is 1. The van der Waals surface area contributed by atoms with E-state index in [2.05, 4.69) is 35.8 Å². The van der Waals surface area contributed by atoms with E-state index in [1.54, 1.807) is 7.11 Å². The quantitative estimate of drug-likeness (QED) is 0.791. The van der Waals surface area contributed by atoms with E-state index in [-0.39, 0.29) is 5.60 Å². The van der Waals surface area contributed by atoms with Gasteiger partial charge in [-0.15, -0.1) is 0 Å². The second kappa shape index (κ2) is 4.90. The minimum Gasteiger partial charge on any atom is -0.493 e. The first-order chi connectivity index (χ1) is 9.50. The average molecular weight is 343 g/mol. The Morgan fingerprint density at radius 2 is 1.95 bits per heavy atom. The van der Waals surface area contributed by atoms with E-state index in [4.69, 9.17) is 18.9 Å². The molecule has 1 aromatic rings. The third-order valence-electron chi connectivity index (χ3n) is 3.72. The summed E-state index contributed by atoms with van der Waals surface area (Å²) in [5.74, 6) is 0.862. The van der Waals surface area contributed by atoms with Crippen LogP contribution in [0.1, 0.15) is 25.0 Å². The minimum absolute atomic E-state index is 0.201. The van der Waals surface area contributed by atoms with E-state index in [1.807, 2.05) is 6.07 Å². The zero-order chi connectivity index (χ0) is 14.4. The van der Waals surface area contributed by atoms with Gasteiger partial charge in [0.2, 0.25) is 5.79 Å². The van der Waals surface area contributed by atoms with Gasteiger partial charge in [-0.3, -0.25) is 0 Å². The fourth-order valence-electron chi connectivity index (χ4n) is 2.83. The van der Waals surface area contributed by atoms with E-state index in [0.717, 1.165) is 29.0 Å². The number of benzene rings is 1. The van der Waals surface area contributed by atoms with Gasteiger partial charge in [0.15, 0.2) is 11.5 Å². The lowest BCUT2D eigenvalue weighted by Gasteiger charge is -2.26. The molecule has 1 aromatic carbocycles. The summed E-state index contributed by atoms with van der Waals surface area (Å²) in [4.78, 5) is 0. The van der Waals surface area contributed by atoms with Crippen LogP contribution in [0.3, 0.4) is 0 Å². The third-order valence-corrected chi connectivity index (χ3v) is 4.45. The van der Waals surface area contributed by atoms with Crippen LogP contribution in [0.5, 0.6) is 11.5 Å². The fraction of sp³-hybridized carbons (Fsp3) is 0.600. The fourth-order valence-corrected chi connectivity index (χ4v) is 3.47. The van der Waals surface area contributed by atoms with Gasteiger partial charge in [-0.1, -0.05) is 15.9 Å². The highest BCUT2D eigenvalue weighted by Gasteiger charge is 2.41. The van der Waals surface area contributed by atoms with Gasteiger partial charge in [-0.2, -0.15) is 0 Å². The maximum absolute atomic E-state index is 5.98. The van der Waals surface area contributed by atoms with E-state index < -0.39 is 5.79 Å². The van der Waals surface area contributed by atoms with Crippen molar-refractivity contribution >= 4 is 15.9 Å². The molecule has 0 spiro atoms. The van der Waals surface area contributed by atoms with Gasteiger partial charge in [0.05, 0.1) is 25.7 Å². The van der Waals surface area contributed by atoms with Crippen molar-refractivity contribution < 1.29 is 18.9 Å². The summed E-state index contributed by atoms with van der Waals surface area (Å²) < 4.78 is 23.1. The number of halogens is 1. The van der Waals surface area contributed by atoms with Crippen molar-refractivity contribution in [3.63, 3.8) is 0 Å². The van der Waals surface area contributed by atoms with Gasteiger partial charge in [0.25, 0.3) is 0 Å². The van der Waals surface area contributed by atoms with E-state index in [0.29, 0.717) is 18.5 Å². The van der Waals surface area contributed by atoms with E-state index >= 15 is 0 Å². The molecule has 0 aromatic heterocycles. The molecule has 0 aliphatic carbocycles. The van der Waals surface area contributed by atoms with Gasteiger partial charge in [-0.25, -0.2) is 0 Å². The molecule has 0 amide bonds. The number of rotatable bonds is 3. The molecule has 1 saturated heterocycles. The molecule has 4 nitrogen and oxygen atoms in total. The smallest absolute Gasteiger partial charge is 0.205 e. The lowest BCUT2D eigenvalue weighted by molar-refractivity contribution is -0.144. The Kier molecular flexibility index (Phi) is 3.47. The number of hydrogen-bond acceptors (Lipinski definition) is 4. The Morgan fingerprint density at radius 1 is 1.25 bits per heavy atom. The molecule has 0 N–H and O–H groups in total. The van der Waals surface area contributed by atoms with Crippen molar-refractivity contribution in [3.8, 4) is 11.5 Å². The minimum atomic E-state index is -0.713. The first kappa shape index (κ1) is 14.2. The van der Waals surface area contributed by atoms with Crippen LogP contribution in [0.2, 0.25) is 0 Å². The molecular weight excluding hydrogens is 324 g/mol. The Bertz CT molecular complexity index is 521. The molecular formula is C15H19BrO4. The molecule has 110 valence electrons. The Labute approximate surface area is 127 Å². The molecule has 0 bridgehead atoms. The monoisotopic (exact) mass is 342 g/mol. The highest BCUT2D eigenvalue weighted by atomic mass is 79.9. The van der Waals surface area contributed by atoms with Crippen LogP contribution in [-0.4, -0.2) is 31.3 Å². The lowest BCUT2D eigenvalue weighted by Crippen LogP contribution is -2.29. The molecule has 5 heteroatoms. The summed E-state index contributed by atoms with van der Waals surface area (Å²) in [5.41, 5.74) is 1.92. The first-order valence-electron chi connectivity index (χ1n) is 6.74. The Hall–Kier alpha value is -0.780. The summed E-state index contributed by atoms with van der Waals surface area (Å²) in [6.45, 7) is 5.36. The van der Waals surface area contributed by atoms with Gasteiger partial charge < -0.3 is 18.9 Å². The molecule has 0 radical (unpaired) electrons. The SMILES string of the molecule is COc1cc(C2(CBr)OCCO2)cc2c1OC(C)(C)C2.